The molecule has 2 aromatic rings. The maximum Gasteiger partial charge on any atom is 0.255 e. The quantitative estimate of drug-likeness (QED) is 0.760. The van der Waals surface area contributed by atoms with Gasteiger partial charge in [0.15, 0.2) is 0 Å². The normalized spacial score (nSPS) is 13.3. The number of amides is 1. The lowest BCUT2D eigenvalue weighted by Gasteiger charge is -2.28. The third kappa shape index (κ3) is 2.64. The zero-order valence-electron chi connectivity index (χ0n) is 11.5. The number of fused-ring (bicyclic) bond motifs is 1. The van der Waals surface area contributed by atoms with Crippen LogP contribution in [0.4, 0.5) is 0 Å². The molecule has 2 N–H and O–H groups in total. The summed E-state index contributed by atoms with van der Waals surface area (Å²) >= 11 is 0. The Labute approximate surface area is 122 Å². The maximum absolute atomic E-state index is 12.7. The zero-order chi connectivity index (χ0) is 14.7. The molecule has 1 aliphatic rings. The molecule has 0 spiro atoms. The summed E-state index contributed by atoms with van der Waals surface area (Å²) in [4.78, 5) is 22.8. The average Bonchev–Trinajstić information content (AvgIpc) is 3.00. The summed E-state index contributed by atoms with van der Waals surface area (Å²) in [5, 5.41) is 0. The molecular formula is C15H15N5O. The number of pyridine rings is 1. The van der Waals surface area contributed by atoms with Gasteiger partial charge in [-0.15, -0.1) is 0 Å². The number of carbonyl (C=O) groups excluding carboxylic acids is 1. The number of carbonyl (C=O) groups is 1. The van der Waals surface area contributed by atoms with Gasteiger partial charge in [-0.2, -0.15) is 0 Å². The number of imidazole rings is 1. The number of aromatic nitrogens is 3. The van der Waals surface area contributed by atoms with Gasteiger partial charge in [0.2, 0.25) is 0 Å². The van der Waals surface area contributed by atoms with Gasteiger partial charge in [-0.05, 0) is 6.07 Å². The van der Waals surface area contributed by atoms with Crippen molar-refractivity contribution in [2.75, 3.05) is 13.1 Å². The molecule has 21 heavy (non-hydrogen) atoms. The molecule has 0 aromatic carbocycles. The highest BCUT2D eigenvalue weighted by Crippen LogP contribution is 2.15. The third-order valence-electron chi connectivity index (χ3n) is 3.41. The van der Waals surface area contributed by atoms with Crippen molar-refractivity contribution in [1.82, 2.24) is 19.4 Å². The summed E-state index contributed by atoms with van der Waals surface area (Å²) in [6.07, 6.45) is 6.89. The minimum atomic E-state index is -0.0482. The highest BCUT2D eigenvalue weighted by atomic mass is 16.2. The summed E-state index contributed by atoms with van der Waals surface area (Å²) < 4.78 is 2.06. The van der Waals surface area contributed by atoms with Crippen molar-refractivity contribution < 1.29 is 4.79 Å². The van der Waals surface area contributed by atoms with Crippen LogP contribution >= 0.6 is 0 Å². The van der Waals surface area contributed by atoms with Crippen LogP contribution in [0, 0.1) is 11.8 Å². The van der Waals surface area contributed by atoms with Crippen molar-refractivity contribution in [3.8, 4) is 11.8 Å². The molecule has 2 aromatic heterocycles. The summed E-state index contributed by atoms with van der Waals surface area (Å²) in [5.74, 6) is 6.52. The van der Waals surface area contributed by atoms with Gasteiger partial charge in [0.05, 0.1) is 24.2 Å². The predicted octanol–water partition coefficient (Wildman–Crippen LogP) is 0.244. The Kier molecular flexibility index (Phi) is 3.67. The van der Waals surface area contributed by atoms with Gasteiger partial charge in [0, 0.05) is 37.9 Å². The molecule has 0 saturated carbocycles. The van der Waals surface area contributed by atoms with Crippen molar-refractivity contribution >= 4 is 5.91 Å². The molecule has 0 unspecified atom stereocenters. The van der Waals surface area contributed by atoms with Crippen LogP contribution < -0.4 is 5.73 Å². The molecule has 106 valence electrons. The SMILES string of the molecule is NCC#Cc1cnccc1C(=O)N1CCn2ccnc2C1. The summed E-state index contributed by atoms with van der Waals surface area (Å²) in [6.45, 7) is 2.19. The van der Waals surface area contributed by atoms with E-state index in [0.29, 0.717) is 24.2 Å². The first-order valence-corrected chi connectivity index (χ1v) is 6.72. The maximum atomic E-state index is 12.7. The lowest BCUT2D eigenvalue weighted by molar-refractivity contribution is 0.0707. The van der Waals surface area contributed by atoms with Gasteiger partial charge < -0.3 is 15.2 Å². The molecule has 3 heterocycles. The monoisotopic (exact) mass is 281 g/mol. The number of hydrogen-bond donors (Lipinski definition) is 1. The second kappa shape index (κ2) is 5.77. The Morgan fingerprint density at radius 2 is 2.29 bits per heavy atom. The Bertz CT molecular complexity index is 725. The van der Waals surface area contributed by atoms with Crippen LogP contribution in [0.15, 0.2) is 30.9 Å². The molecule has 0 atom stereocenters. The van der Waals surface area contributed by atoms with Crippen LogP contribution in [0.3, 0.4) is 0 Å². The van der Waals surface area contributed by atoms with Crippen LogP contribution in [0.1, 0.15) is 21.7 Å². The lowest BCUT2D eigenvalue weighted by atomic mass is 10.1. The highest BCUT2D eigenvalue weighted by molar-refractivity contribution is 5.96. The van der Waals surface area contributed by atoms with E-state index in [1.54, 1.807) is 29.6 Å². The van der Waals surface area contributed by atoms with Crippen LogP contribution in [0.25, 0.3) is 0 Å². The van der Waals surface area contributed by atoms with Crippen LogP contribution in [0.5, 0.6) is 0 Å². The molecular weight excluding hydrogens is 266 g/mol. The molecule has 6 heteroatoms. The lowest BCUT2D eigenvalue weighted by Crippen LogP contribution is -2.38. The highest BCUT2D eigenvalue weighted by Gasteiger charge is 2.23. The van der Waals surface area contributed by atoms with E-state index >= 15 is 0 Å². The molecule has 0 radical (unpaired) electrons. The van der Waals surface area contributed by atoms with Gasteiger partial charge >= 0.3 is 0 Å². The van der Waals surface area contributed by atoms with E-state index in [-0.39, 0.29) is 12.5 Å². The zero-order valence-corrected chi connectivity index (χ0v) is 11.5. The third-order valence-corrected chi connectivity index (χ3v) is 3.41. The van der Waals surface area contributed by atoms with E-state index in [9.17, 15) is 4.79 Å². The average molecular weight is 281 g/mol. The van der Waals surface area contributed by atoms with Gasteiger partial charge in [-0.3, -0.25) is 9.78 Å². The fraction of sp³-hybridized carbons (Fsp3) is 0.267. The van der Waals surface area contributed by atoms with Gasteiger partial charge in [0.25, 0.3) is 5.91 Å². The first kappa shape index (κ1) is 13.3. The summed E-state index contributed by atoms with van der Waals surface area (Å²) in [6, 6.07) is 1.70. The second-order valence-corrected chi connectivity index (χ2v) is 4.69. The van der Waals surface area contributed by atoms with E-state index < -0.39 is 0 Å². The largest absolute Gasteiger partial charge is 0.332 e. The standard InChI is InChI=1S/C15H15N5O/c16-4-1-2-12-10-17-5-3-13(12)15(21)20-9-8-19-7-6-18-14(19)11-20/h3,5-7,10H,4,8-9,11,16H2. The first-order chi connectivity index (χ1) is 10.3. The molecule has 6 nitrogen and oxygen atoms in total. The van der Waals surface area contributed by atoms with E-state index in [1.807, 2.05) is 6.20 Å². The number of nitrogens with zero attached hydrogens (tertiary/aromatic N) is 4. The molecule has 1 amide bonds. The van der Waals surface area contributed by atoms with Gasteiger partial charge in [-0.1, -0.05) is 11.8 Å². The van der Waals surface area contributed by atoms with Gasteiger partial charge in [0.1, 0.15) is 5.82 Å². The van der Waals surface area contributed by atoms with E-state index in [2.05, 4.69) is 26.4 Å². The van der Waals surface area contributed by atoms with Crippen molar-refractivity contribution in [2.24, 2.45) is 5.73 Å². The number of nitrogens with two attached hydrogens (primary N) is 1. The van der Waals surface area contributed by atoms with Crippen LogP contribution in [-0.4, -0.2) is 38.4 Å². The predicted molar refractivity (Wildman–Crippen MR) is 77.1 cm³/mol. The molecule has 0 fully saturated rings. The minimum Gasteiger partial charge on any atom is -0.332 e. The van der Waals surface area contributed by atoms with Crippen molar-refractivity contribution in [1.29, 1.82) is 0 Å². The van der Waals surface area contributed by atoms with Crippen molar-refractivity contribution in [2.45, 2.75) is 13.1 Å². The van der Waals surface area contributed by atoms with Crippen LogP contribution in [0.2, 0.25) is 0 Å². The molecule has 0 bridgehead atoms. The Hall–Kier alpha value is -2.65. The van der Waals surface area contributed by atoms with Crippen molar-refractivity contribution in [3.63, 3.8) is 0 Å². The number of hydrogen-bond acceptors (Lipinski definition) is 4. The topological polar surface area (TPSA) is 77.0 Å². The molecule has 0 aliphatic carbocycles. The second-order valence-electron chi connectivity index (χ2n) is 4.69. The van der Waals surface area contributed by atoms with E-state index in [4.69, 9.17) is 5.73 Å². The van der Waals surface area contributed by atoms with Crippen molar-refractivity contribution in [3.05, 3.63) is 47.8 Å². The Morgan fingerprint density at radius 3 is 3.14 bits per heavy atom. The van der Waals surface area contributed by atoms with E-state index in [1.165, 1.54) is 0 Å². The number of rotatable bonds is 1. The minimum absolute atomic E-state index is 0.0482. The summed E-state index contributed by atoms with van der Waals surface area (Å²) in [7, 11) is 0. The molecule has 0 saturated heterocycles. The smallest absolute Gasteiger partial charge is 0.255 e. The fourth-order valence-electron chi connectivity index (χ4n) is 2.34. The first-order valence-electron chi connectivity index (χ1n) is 6.72. The fourth-order valence-corrected chi connectivity index (χ4v) is 2.34. The Morgan fingerprint density at radius 1 is 1.38 bits per heavy atom. The Balaban J connectivity index is 1.86. The molecule has 1 aliphatic heterocycles. The van der Waals surface area contributed by atoms with E-state index in [0.717, 1.165) is 12.4 Å². The molecule has 3 rings (SSSR count). The van der Waals surface area contributed by atoms with Gasteiger partial charge in [-0.25, -0.2) is 4.98 Å². The summed E-state index contributed by atoms with van der Waals surface area (Å²) in [5.41, 5.74) is 6.56. The van der Waals surface area contributed by atoms with Crippen LogP contribution in [-0.2, 0) is 13.1 Å².